The first kappa shape index (κ1) is 17.2. The van der Waals surface area contributed by atoms with Crippen LogP contribution in [0.15, 0.2) is 55.1 Å². The Bertz CT molecular complexity index is 775. The first-order valence-corrected chi connectivity index (χ1v) is 7.20. The molecule has 0 bridgehead atoms. The van der Waals surface area contributed by atoms with Gasteiger partial charge in [-0.15, -0.1) is 6.58 Å². The quantitative estimate of drug-likeness (QED) is 0.801. The number of methoxy groups -OCH3 is 1. The van der Waals surface area contributed by atoms with Gasteiger partial charge in [0.05, 0.1) is 23.9 Å². The Hall–Kier alpha value is -3.15. The van der Waals surface area contributed by atoms with Gasteiger partial charge in [-0.3, -0.25) is 9.59 Å². The van der Waals surface area contributed by atoms with E-state index >= 15 is 0 Å². The summed E-state index contributed by atoms with van der Waals surface area (Å²) in [4.78, 5) is 24.6. The number of ether oxygens (including phenoxy) is 1. The lowest BCUT2D eigenvalue weighted by Crippen LogP contribution is -2.25. The maximum Gasteiger partial charge on any atom is 0.259 e. The van der Waals surface area contributed by atoms with Crippen molar-refractivity contribution in [1.82, 2.24) is 5.32 Å². The highest BCUT2D eigenvalue weighted by Crippen LogP contribution is 2.22. The minimum Gasteiger partial charge on any atom is -0.496 e. The molecule has 0 heterocycles. The zero-order valence-corrected chi connectivity index (χ0v) is 13.1. The normalized spacial score (nSPS) is 9.92. The first-order chi connectivity index (χ1) is 11.6. The van der Waals surface area contributed by atoms with E-state index < -0.39 is 11.7 Å². The highest BCUT2D eigenvalue weighted by molar-refractivity contribution is 6.10. The molecule has 0 unspecified atom stereocenters. The number of rotatable bonds is 6. The average Bonchev–Trinajstić information content (AvgIpc) is 2.60. The van der Waals surface area contributed by atoms with Gasteiger partial charge in [-0.05, 0) is 30.3 Å². The monoisotopic (exact) mass is 328 g/mol. The van der Waals surface area contributed by atoms with E-state index in [1.807, 2.05) is 0 Å². The molecule has 2 aromatic carbocycles. The van der Waals surface area contributed by atoms with Crippen molar-refractivity contribution in [2.24, 2.45) is 0 Å². The zero-order chi connectivity index (χ0) is 17.5. The summed E-state index contributed by atoms with van der Waals surface area (Å²) in [6.45, 7) is 3.83. The molecule has 2 N–H and O–H groups in total. The molecular formula is C18H17FN2O3. The van der Waals surface area contributed by atoms with Crippen LogP contribution in [-0.2, 0) is 0 Å². The number of carbonyl (C=O) groups is 2. The van der Waals surface area contributed by atoms with Crippen molar-refractivity contribution >= 4 is 17.5 Å². The summed E-state index contributed by atoms with van der Waals surface area (Å²) in [6.07, 6.45) is 1.55. The predicted molar refractivity (Wildman–Crippen MR) is 89.9 cm³/mol. The number of anilines is 1. The Morgan fingerprint density at radius 2 is 1.92 bits per heavy atom. The highest BCUT2D eigenvalue weighted by atomic mass is 19.1. The van der Waals surface area contributed by atoms with Crippen LogP contribution in [0, 0.1) is 5.82 Å². The number of para-hydroxylation sites is 1. The lowest BCUT2D eigenvalue weighted by atomic mass is 10.1. The van der Waals surface area contributed by atoms with Gasteiger partial charge in [0.15, 0.2) is 0 Å². The molecule has 6 heteroatoms. The molecule has 0 saturated heterocycles. The van der Waals surface area contributed by atoms with Crippen molar-refractivity contribution in [2.75, 3.05) is 19.0 Å². The van der Waals surface area contributed by atoms with E-state index in [1.165, 1.54) is 19.2 Å². The molecular weight excluding hydrogens is 311 g/mol. The van der Waals surface area contributed by atoms with Crippen molar-refractivity contribution in [3.63, 3.8) is 0 Å². The lowest BCUT2D eigenvalue weighted by Gasteiger charge is -2.12. The third-order valence-electron chi connectivity index (χ3n) is 3.23. The molecule has 0 atom stereocenters. The molecule has 2 aromatic rings. The molecule has 0 aliphatic rings. The van der Waals surface area contributed by atoms with Gasteiger partial charge in [0, 0.05) is 6.54 Å². The molecule has 2 rings (SSSR count). The molecule has 124 valence electrons. The molecule has 0 aliphatic carbocycles. The van der Waals surface area contributed by atoms with Gasteiger partial charge in [0.25, 0.3) is 11.8 Å². The van der Waals surface area contributed by atoms with Crippen LogP contribution in [0.5, 0.6) is 5.75 Å². The van der Waals surface area contributed by atoms with E-state index in [0.717, 1.165) is 6.07 Å². The number of nitrogens with one attached hydrogen (secondary N) is 2. The van der Waals surface area contributed by atoms with Crippen LogP contribution in [0.3, 0.4) is 0 Å². The largest absolute Gasteiger partial charge is 0.496 e. The number of hydrogen-bond acceptors (Lipinski definition) is 3. The van der Waals surface area contributed by atoms with E-state index in [2.05, 4.69) is 17.2 Å². The van der Waals surface area contributed by atoms with Gasteiger partial charge >= 0.3 is 0 Å². The summed E-state index contributed by atoms with van der Waals surface area (Å²) in [6, 6.07) is 10.2. The van der Waals surface area contributed by atoms with Crippen LogP contribution in [0.25, 0.3) is 0 Å². The van der Waals surface area contributed by atoms with Gasteiger partial charge in [-0.2, -0.15) is 0 Å². The number of benzene rings is 2. The smallest absolute Gasteiger partial charge is 0.259 e. The summed E-state index contributed by atoms with van der Waals surface area (Å²) < 4.78 is 18.5. The second kappa shape index (κ2) is 7.92. The predicted octanol–water partition coefficient (Wildman–Crippen LogP) is 3.00. The van der Waals surface area contributed by atoms with Gasteiger partial charge in [0.2, 0.25) is 0 Å². The van der Waals surface area contributed by atoms with Crippen LogP contribution in [0.4, 0.5) is 10.1 Å². The molecule has 0 aromatic heterocycles. The fourth-order valence-corrected chi connectivity index (χ4v) is 2.10. The third-order valence-corrected chi connectivity index (χ3v) is 3.23. The van der Waals surface area contributed by atoms with Crippen LogP contribution in [-0.4, -0.2) is 25.5 Å². The molecule has 0 radical (unpaired) electrons. The summed E-state index contributed by atoms with van der Waals surface area (Å²) in [5.74, 6) is -1.24. The SMILES string of the molecule is C=CCNC(=O)c1ccccc1NC(=O)c1cc(F)ccc1OC. The molecule has 24 heavy (non-hydrogen) atoms. The fourth-order valence-electron chi connectivity index (χ4n) is 2.10. The van der Waals surface area contributed by atoms with Gasteiger partial charge in [-0.1, -0.05) is 18.2 Å². The van der Waals surface area contributed by atoms with E-state index in [1.54, 1.807) is 30.3 Å². The Morgan fingerprint density at radius 3 is 2.62 bits per heavy atom. The maximum absolute atomic E-state index is 13.4. The van der Waals surface area contributed by atoms with E-state index in [4.69, 9.17) is 4.74 Å². The fraction of sp³-hybridized carbons (Fsp3) is 0.111. The third kappa shape index (κ3) is 3.98. The van der Waals surface area contributed by atoms with Crippen molar-refractivity contribution in [3.05, 3.63) is 72.1 Å². The molecule has 0 aliphatic heterocycles. The Labute approximate surface area is 139 Å². The van der Waals surface area contributed by atoms with Crippen LogP contribution in [0.1, 0.15) is 20.7 Å². The van der Waals surface area contributed by atoms with Gasteiger partial charge < -0.3 is 15.4 Å². The Kier molecular flexibility index (Phi) is 5.68. The van der Waals surface area contributed by atoms with Gasteiger partial charge in [-0.25, -0.2) is 4.39 Å². The van der Waals surface area contributed by atoms with Crippen molar-refractivity contribution in [3.8, 4) is 5.75 Å². The van der Waals surface area contributed by atoms with Crippen LogP contribution >= 0.6 is 0 Å². The molecule has 0 fully saturated rings. The zero-order valence-electron chi connectivity index (χ0n) is 13.1. The number of halogens is 1. The second-order valence-corrected chi connectivity index (χ2v) is 4.84. The van der Waals surface area contributed by atoms with Crippen molar-refractivity contribution in [2.45, 2.75) is 0 Å². The van der Waals surface area contributed by atoms with Crippen molar-refractivity contribution in [1.29, 1.82) is 0 Å². The minimum atomic E-state index is -0.574. The molecule has 0 spiro atoms. The molecule has 0 saturated carbocycles. The topological polar surface area (TPSA) is 67.4 Å². The maximum atomic E-state index is 13.4. The van der Waals surface area contributed by atoms with E-state index in [0.29, 0.717) is 17.8 Å². The van der Waals surface area contributed by atoms with Gasteiger partial charge in [0.1, 0.15) is 11.6 Å². The van der Waals surface area contributed by atoms with Crippen LogP contribution in [0.2, 0.25) is 0 Å². The molecule has 5 nitrogen and oxygen atoms in total. The number of hydrogen-bond donors (Lipinski definition) is 2. The van der Waals surface area contributed by atoms with Crippen molar-refractivity contribution < 1.29 is 18.7 Å². The van der Waals surface area contributed by atoms with E-state index in [-0.39, 0.29) is 17.2 Å². The minimum absolute atomic E-state index is 0.0406. The Morgan fingerprint density at radius 1 is 1.17 bits per heavy atom. The van der Waals surface area contributed by atoms with E-state index in [9.17, 15) is 14.0 Å². The lowest BCUT2D eigenvalue weighted by molar-refractivity contribution is 0.0959. The first-order valence-electron chi connectivity index (χ1n) is 7.20. The number of amides is 2. The highest BCUT2D eigenvalue weighted by Gasteiger charge is 2.17. The standard InChI is InChI=1S/C18H17FN2O3/c1-3-10-20-17(22)13-6-4-5-7-15(13)21-18(23)14-11-12(19)8-9-16(14)24-2/h3-9,11H,1,10H2,2H3,(H,20,22)(H,21,23). The van der Waals surface area contributed by atoms with Crippen LogP contribution < -0.4 is 15.4 Å². The second-order valence-electron chi connectivity index (χ2n) is 4.84. The number of carbonyl (C=O) groups excluding carboxylic acids is 2. The summed E-state index contributed by atoms with van der Waals surface area (Å²) >= 11 is 0. The summed E-state index contributed by atoms with van der Waals surface area (Å²) in [5, 5.41) is 5.25. The average molecular weight is 328 g/mol. The summed E-state index contributed by atoms with van der Waals surface area (Å²) in [5.41, 5.74) is 0.650. The Balaban J connectivity index is 2.28. The molecule has 2 amide bonds. The summed E-state index contributed by atoms with van der Waals surface area (Å²) in [7, 11) is 1.39.